The van der Waals surface area contributed by atoms with Gasteiger partial charge in [-0.25, -0.2) is 4.99 Å². The van der Waals surface area contributed by atoms with Gasteiger partial charge in [0.2, 0.25) is 0 Å². The summed E-state index contributed by atoms with van der Waals surface area (Å²) in [5.74, 6) is 1.36. The van der Waals surface area contributed by atoms with E-state index in [1.165, 1.54) is 11.1 Å². The largest absolute Gasteiger partial charge is 0.455 e. The van der Waals surface area contributed by atoms with Crippen LogP contribution in [0.2, 0.25) is 0 Å². The first-order valence-electron chi connectivity index (χ1n) is 9.76. The maximum absolute atomic E-state index is 11.4. The first-order chi connectivity index (χ1) is 14.5. The summed E-state index contributed by atoms with van der Waals surface area (Å²) in [5, 5.41) is 23.0. The third-order valence-electron chi connectivity index (χ3n) is 5.76. The number of hydrogen-bond acceptors (Lipinski definition) is 7. The van der Waals surface area contributed by atoms with E-state index in [0.717, 1.165) is 37.1 Å². The van der Waals surface area contributed by atoms with Crippen LogP contribution in [0.1, 0.15) is 41.2 Å². The molecule has 3 aromatic rings. The first-order valence-corrected chi connectivity index (χ1v) is 10.6. The number of nitro benzene ring substituents is 1. The third kappa shape index (κ3) is 2.99. The zero-order valence-corrected chi connectivity index (χ0v) is 17.1. The number of benzene rings is 1. The monoisotopic (exact) mass is 418 g/mol. The maximum atomic E-state index is 11.4. The molecule has 6 rings (SSSR count). The van der Waals surface area contributed by atoms with Crippen molar-refractivity contribution in [3.63, 3.8) is 0 Å². The number of nitriles is 1. The Bertz CT molecular complexity index is 1230. The minimum absolute atomic E-state index is 0.00932. The Labute approximate surface area is 177 Å². The zero-order chi connectivity index (χ0) is 20.8. The van der Waals surface area contributed by atoms with E-state index in [-0.39, 0.29) is 5.69 Å². The number of hydrogen-bond donors (Lipinski definition) is 0. The number of furan rings is 1. The smallest absolute Gasteiger partial charge is 0.280 e. The average molecular weight is 418 g/mol. The number of nitro groups is 1. The molecule has 0 aliphatic carbocycles. The van der Waals surface area contributed by atoms with Crippen LogP contribution in [0.25, 0.3) is 11.3 Å². The summed E-state index contributed by atoms with van der Waals surface area (Å²) in [4.78, 5) is 17.9. The quantitative estimate of drug-likeness (QED) is 0.315. The van der Waals surface area contributed by atoms with Crippen molar-refractivity contribution < 1.29 is 9.34 Å². The molecule has 0 saturated carbocycles. The van der Waals surface area contributed by atoms with Crippen LogP contribution in [0.4, 0.5) is 15.7 Å². The molecule has 150 valence electrons. The van der Waals surface area contributed by atoms with Crippen molar-refractivity contribution in [1.29, 1.82) is 5.26 Å². The summed E-state index contributed by atoms with van der Waals surface area (Å²) in [6.45, 7) is 3.90. The number of aryl methyl sites for hydroxylation is 1. The van der Waals surface area contributed by atoms with E-state index < -0.39 is 4.92 Å². The van der Waals surface area contributed by atoms with E-state index in [0.29, 0.717) is 33.6 Å². The second kappa shape index (κ2) is 7.11. The molecule has 0 amide bonds. The summed E-state index contributed by atoms with van der Waals surface area (Å²) in [6.07, 6.45) is 3.77. The summed E-state index contributed by atoms with van der Waals surface area (Å²) < 4.78 is 5.81. The summed E-state index contributed by atoms with van der Waals surface area (Å²) in [6, 6.07) is 10.8. The molecule has 0 radical (unpaired) electrons. The number of thiophene rings is 1. The first kappa shape index (κ1) is 18.6. The van der Waals surface area contributed by atoms with Crippen molar-refractivity contribution in [2.45, 2.75) is 25.7 Å². The Morgan fingerprint density at radius 2 is 2.13 bits per heavy atom. The third-order valence-corrected chi connectivity index (χ3v) is 6.93. The van der Waals surface area contributed by atoms with Crippen LogP contribution in [0.15, 0.2) is 39.7 Å². The average Bonchev–Trinajstić information content (AvgIpc) is 3.38. The van der Waals surface area contributed by atoms with Crippen molar-refractivity contribution in [3.05, 3.63) is 62.9 Å². The molecular formula is C22H18N4O3S. The fraction of sp³-hybridized carbons (Fsp3) is 0.273. The van der Waals surface area contributed by atoms with Gasteiger partial charge < -0.3 is 9.32 Å². The Morgan fingerprint density at radius 3 is 2.87 bits per heavy atom. The maximum Gasteiger partial charge on any atom is 0.280 e. The van der Waals surface area contributed by atoms with Crippen LogP contribution >= 0.6 is 11.3 Å². The molecule has 1 aromatic carbocycles. The van der Waals surface area contributed by atoms with Crippen LogP contribution in [0.5, 0.6) is 0 Å². The number of aliphatic imine (C=N–C) groups is 1. The van der Waals surface area contributed by atoms with Gasteiger partial charge in [-0.15, -0.1) is 0 Å². The SMILES string of the molecule is Cc1ccc(-c2ccc(C=Nc3sc4c(c3C#N)C3CCN4CC3)o2)c([N+](=O)[O-])c1. The van der Waals surface area contributed by atoms with Crippen molar-refractivity contribution in [3.8, 4) is 17.4 Å². The molecule has 3 aliphatic rings. The summed E-state index contributed by atoms with van der Waals surface area (Å²) in [5.41, 5.74) is 3.08. The predicted molar refractivity (Wildman–Crippen MR) is 116 cm³/mol. The second-order valence-electron chi connectivity index (χ2n) is 7.61. The molecule has 0 N–H and O–H groups in total. The van der Waals surface area contributed by atoms with Gasteiger partial charge >= 0.3 is 0 Å². The topological polar surface area (TPSA) is 95.7 Å². The number of piperidine rings is 1. The van der Waals surface area contributed by atoms with Crippen LogP contribution < -0.4 is 4.90 Å². The predicted octanol–water partition coefficient (Wildman–Crippen LogP) is 5.54. The van der Waals surface area contributed by atoms with Gasteiger partial charge in [0.15, 0.2) is 0 Å². The normalized spacial score (nSPS) is 15.5. The fourth-order valence-corrected chi connectivity index (χ4v) is 5.53. The van der Waals surface area contributed by atoms with E-state index in [2.05, 4.69) is 16.0 Å². The lowest BCUT2D eigenvalue weighted by Crippen LogP contribution is -2.37. The molecule has 1 saturated heterocycles. The van der Waals surface area contributed by atoms with Gasteiger partial charge in [-0.2, -0.15) is 5.26 Å². The highest BCUT2D eigenvalue weighted by atomic mass is 32.1. The fourth-order valence-electron chi connectivity index (χ4n) is 4.29. The Hall–Kier alpha value is -3.44. The van der Waals surface area contributed by atoms with Crippen molar-refractivity contribution in [2.75, 3.05) is 18.0 Å². The van der Waals surface area contributed by atoms with Crippen LogP contribution in [0.3, 0.4) is 0 Å². The highest BCUT2D eigenvalue weighted by Gasteiger charge is 2.36. The number of fused-ring (bicyclic) bond motifs is 2. The zero-order valence-electron chi connectivity index (χ0n) is 16.3. The van der Waals surface area contributed by atoms with Gasteiger partial charge in [0.25, 0.3) is 5.69 Å². The Morgan fingerprint density at radius 1 is 1.33 bits per heavy atom. The van der Waals surface area contributed by atoms with E-state index in [9.17, 15) is 15.4 Å². The molecule has 2 bridgehead atoms. The van der Waals surface area contributed by atoms with Gasteiger partial charge in [-0.05, 0) is 49.4 Å². The van der Waals surface area contributed by atoms with E-state index in [4.69, 9.17) is 4.42 Å². The van der Waals surface area contributed by atoms with Gasteiger partial charge in [0.05, 0.1) is 27.3 Å². The van der Waals surface area contributed by atoms with Gasteiger partial charge in [-0.1, -0.05) is 17.4 Å². The lowest BCUT2D eigenvalue weighted by atomic mass is 9.84. The molecule has 0 atom stereocenters. The molecule has 30 heavy (non-hydrogen) atoms. The van der Waals surface area contributed by atoms with E-state index >= 15 is 0 Å². The Kier molecular flexibility index (Phi) is 4.40. The number of rotatable bonds is 4. The summed E-state index contributed by atoms with van der Waals surface area (Å²) >= 11 is 1.55. The summed E-state index contributed by atoms with van der Waals surface area (Å²) in [7, 11) is 0. The van der Waals surface area contributed by atoms with Crippen LogP contribution in [0, 0.1) is 28.4 Å². The minimum atomic E-state index is -0.405. The standard InChI is InChI=1S/C22H18N4O3S/c1-13-2-4-16(18(10-13)26(27)28)19-5-3-15(29-19)12-24-21-17(11-23)20-14-6-8-25(9-7-14)22(20)30-21/h2-5,10,12,14H,6-9H2,1H3. The Balaban J connectivity index is 1.47. The highest BCUT2D eigenvalue weighted by Crippen LogP contribution is 2.52. The van der Waals surface area contributed by atoms with E-state index in [1.807, 2.05) is 13.0 Å². The molecule has 2 aromatic heterocycles. The molecular weight excluding hydrogens is 400 g/mol. The molecule has 1 fully saturated rings. The molecule has 0 spiro atoms. The molecule has 0 unspecified atom stereocenters. The lowest BCUT2D eigenvalue weighted by Gasteiger charge is -2.39. The highest BCUT2D eigenvalue weighted by molar-refractivity contribution is 7.20. The number of anilines is 1. The van der Waals surface area contributed by atoms with Crippen molar-refractivity contribution in [2.24, 2.45) is 4.99 Å². The van der Waals surface area contributed by atoms with Crippen LogP contribution in [-0.2, 0) is 0 Å². The van der Waals surface area contributed by atoms with Crippen molar-refractivity contribution in [1.82, 2.24) is 0 Å². The van der Waals surface area contributed by atoms with Gasteiger partial charge in [-0.3, -0.25) is 10.1 Å². The lowest BCUT2D eigenvalue weighted by molar-refractivity contribution is -0.384. The van der Waals surface area contributed by atoms with Crippen molar-refractivity contribution >= 4 is 33.2 Å². The second-order valence-corrected chi connectivity index (χ2v) is 8.59. The molecule has 7 nitrogen and oxygen atoms in total. The molecule has 3 aliphatic heterocycles. The van der Waals surface area contributed by atoms with E-state index in [1.54, 1.807) is 35.8 Å². The van der Waals surface area contributed by atoms with Crippen LogP contribution in [-0.4, -0.2) is 24.2 Å². The van der Waals surface area contributed by atoms with Gasteiger partial charge in [0.1, 0.15) is 22.6 Å². The minimum Gasteiger partial charge on any atom is -0.455 e. The van der Waals surface area contributed by atoms with Gasteiger partial charge in [0, 0.05) is 24.7 Å². The molecule has 5 heterocycles. The number of nitrogens with zero attached hydrogens (tertiary/aromatic N) is 4. The molecule has 8 heteroatoms.